The van der Waals surface area contributed by atoms with Gasteiger partial charge < -0.3 is 20.1 Å². The van der Waals surface area contributed by atoms with Crippen molar-refractivity contribution in [1.29, 1.82) is 0 Å². The summed E-state index contributed by atoms with van der Waals surface area (Å²) in [4.78, 5) is 6.51. The molecular weight excluding hydrogens is 230 g/mol. The van der Waals surface area contributed by atoms with Crippen LogP contribution < -0.4 is 10.6 Å². The molecule has 102 valence electrons. The molecule has 1 aromatic rings. The second-order valence-electron chi connectivity index (χ2n) is 4.13. The van der Waals surface area contributed by atoms with E-state index in [1.807, 2.05) is 13.1 Å². The Hall–Kier alpha value is -1.17. The lowest BCUT2D eigenvalue weighted by Gasteiger charge is -2.26. The van der Waals surface area contributed by atoms with Gasteiger partial charge in [-0.25, -0.2) is 0 Å². The van der Waals surface area contributed by atoms with Crippen molar-refractivity contribution in [2.24, 2.45) is 5.73 Å². The van der Waals surface area contributed by atoms with Crippen molar-refractivity contribution in [1.82, 2.24) is 4.98 Å². The van der Waals surface area contributed by atoms with Gasteiger partial charge in [-0.3, -0.25) is 4.98 Å². The number of aromatic nitrogens is 1. The predicted molar refractivity (Wildman–Crippen MR) is 72.8 cm³/mol. The van der Waals surface area contributed by atoms with Gasteiger partial charge in [0.05, 0.1) is 13.2 Å². The van der Waals surface area contributed by atoms with Crippen molar-refractivity contribution in [3.63, 3.8) is 0 Å². The van der Waals surface area contributed by atoms with Crippen LogP contribution in [-0.2, 0) is 16.0 Å². The van der Waals surface area contributed by atoms with E-state index in [0.717, 1.165) is 30.0 Å². The topological polar surface area (TPSA) is 60.6 Å². The summed E-state index contributed by atoms with van der Waals surface area (Å²) in [6, 6.07) is 2.06. The molecule has 0 radical (unpaired) electrons. The van der Waals surface area contributed by atoms with E-state index >= 15 is 0 Å². The first-order valence-corrected chi connectivity index (χ1v) is 6.11. The molecule has 0 aliphatic carbocycles. The summed E-state index contributed by atoms with van der Waals surface area (Å²) < 4.78 is 10.3. The van der Waals surface area contributed by atoms with Crippen LogP contribution in [0.1, 0.15) is 11.3 Å². The number of nitrogens with two attached hydrogens (primary N) is 1. The number of rotatable bonds is 8. The van der Waals surface area contributed by atoms with Crippen LogP contribution in [0.4, 0.5) is 5.69 Å². The number of hydrogen-bond donors (Lipinski definition) is 1. The van der Waals surface area contributed by atoms with Gasteiger partial charge in [-0.05, 0) is 13.0 Å². The van der Waals surface area contributed by atoms with Crippen LogP contribution in [0, 0.1) is 6.92 Å². The fourth-order valence-electron chi connectivity index (χ4n) is 1.78. The van der Waals surface area contributed by atoms with Crippen molar-refractivity contribution in [2.75, 3.05) is 45.4 Å². The SMILES string of the molecule is COCCN(CCOC)c1cc(C)ncc1CN. The first-order chi connectivity index (χ1) is 8.72. The van der Waals surface area contributed by atoms with Gasteiger partial charge in [0.2, 0.25) is 0 Å². The molecule has 0 aliphatic rings. The highest BCUT2D eigenvalue weighted by atomic mass is 16.5. The lowest BCUT2D eigenvalue weighted by Crippen LogP contribution is -2.32. The number of hydrogen-bond acceptors (Lipinski definition) is 5. The maximum Gasteiger partial charge on any atom is 0.0637 e. The van der Waals surface area contributed by atoms with Crippen molar-refractivity contribution in [2.45, 2.75) is 13.5 Å². The molecule has 18 heavy (non-hydrogen) atoms. The Balaban J connectivity index is 2.90. The molecule has 1 heterocycles. The Bertz CT molecular complexity index is 350. The molecule has 0 spiro atoms. The standard InChI is InChI=1S/C13H23N3O2/c1-11-8-13(12(9-14)10-15-11)16(4-6-17-2)5-7-18-3/h8,10H,4-7,9,14H2,1-3H3. The summed E-state index contributed by atoms with van der Waals surface area (Å²) >= 11 is 0. The summed E-state index contributed by atoms with van der Waals surface area (Å²) in [7, 11) is 3.41. The molecule has 0 unspecified atom stereocenters. The minimum absolute atomic E-state index is 0.485. The molecule has 5 nitrogen and oxygen atoms in total. The predicted octanol–water partition coefficient (Wildman–Crippen LogP) is 0.948. The number of anilines is 1. The van der Waals surface area contributed by atoms with Gasteiger partial charge >= 0.3 is 0 Å². The minimum Gasteiger partial charge on any atom is -0.383 e. The minimum atomic E-state index is 0.485. The third kappa shape index (κ3) is 4.25. The quantitative estimate of drug-likeness (QED) is 0.747. The molecule has 0 aromatic carbocycles. The van der Waals surface area contributed by atoms with Crippen LogP contribution >= 0.6 is 0 Å². The molecule has 0 aliphatic heterocycles. The average Bonchev–Trinajstić information content (AvgIpc) is 2.39. The summed E-state index contributed by atoms with van der Waals surface area (Å²) in [6.45, 7) is 5.45. The molecule has 0 fully saturated rings. The number of aryl methyl sites for hydroxylation is 1. The van der Waals surface area contributed by atoms with Gasteiger partial charge in [-0.15, -0.1) is 0 Å². The summed E-state index contributed by atoms with van der Waals surface area (Å²) in [5, 5.41) is 0. The van der Waals surface area contributed by atoms with Gasteiger partial charge in [0, 0.05) is 57.0 Å². The van der Waals surface area contributed by atoms with Crippen LogP contribution in [0.25, 0.3) is 0 Å². The van der Waals surface area contributed by atoms with Crippen LogP contribution in [0.5, 0.6) is 0 Å². The van der Waals surface area contributed by atoms with E-state index in [4.69, 9.17) is 15.2 Å². The number of nitrogens with zero attached hydrogens (tertiary/aromatic N) is 2. The molecule has 0 bridgehead atoms. The zero-order valence-electron chi connectivity index (χ0n) is 11.5. The molecule has 1 aromatic heterocycles. The molecule has 1 rings (SSSR count). The number of ether oxygens (including phenoxy) is 2. The molecule has 0 saturated heterocycles. The fraction of sp³-hybridized carbons (Fsp3) is 0.615. The number of methoxy groups -OCH3 is 2. The monoisotopic (exact) mass is 253 g/mol. The van der Waals surface area contributed by atoms with Crippen molar-refractivity contribution in [3.8, 4) is 0 Å². The molecule has 0 saturated carbocycles. The summed E-state index contributed by atoms with van der Waals surface area (Å²) in [5.41, 5.74) is 8.93. The summed E-state index contributed by atoms with van der Waals surface area (Å²) in [5.74, 6) is 0. The molecular formula is C13H23N3O2. The maximum atomic E-state index is 5.77. The highest BCUT2D eigenvalue weighted by molar-refractivity contribution is 5.53. The second-order valence-corrected chi connectivity index (χ2v) is 4.13. The largest absolute Gasteiger partial charge is 0.383 e. The Kier molecular flexibility index (Phi) is 6.64. The van der Waals surface area contributed by atoms with Crippen LogP contribution in [-0.4, -0.2) is 45.5 Å². The van der Waals surface area contributed by atoms with E-state index < -0.39 is 0 Å². The van der Waals surface area contributed by atoms with E-state index in [0.29, 0.717) is 19.8 Å². The summed E-state index contributed by atoms with van der Waals surface area (Å²) in [6.07, 6.45) is 1.84. The van der Waals surface area contributed by atoms with E-state index in [1.54, 1.807) is 14.2 Å². The van der Waals surface area contributed by atoms with E-state index in [2.05, 4.69) is 16.0 Å². The first-order valence-electron chi connectivity index (χ1n) is 6.11. The van der Waals surface area contributed by atoms with Gasteiger partial charge in [0.25, 0.3) is 0 Å². The highest BCUT2D eigenvalue weighted by Gasteiger charge is 2.11. The molecule has 0 atom stereocenters. The third-order valence-electron chi connectivity index (χ3n) is 2.79. The maximum absolute atomic E-state index is 5.77. The smallest absolute Gasteiger partial charge is 0.0637 e. The Morgan fingerprint density at radius 2 is 1.83 bits per heavy atom. The number of pyridine rings is 1. The van der Waals surface area contributed by atoms with Gasteiger partial charge in [-0.2, -0.15) is 0 Å². The van der Waals surface area contributed by atoms with Gasteiger partial charge in [-0.1, -0.05) is 0 Å². The zero-order valence-corrected chi connectivity index (χ0v) is 11.5. The van der Waals surface area contributed by atoms with Crippen molar-refractivity contribution >= 4 is 5.69 Å². The molecule has 2 N–H and O–H groups in total. The Morgan fingerprint density at radius 3 is 2.33 bits per heavy atom. The zero-order chi connectivity index (χ0) is 13.4. The van der Waals surface area contributed by atoms with Gasteiger partial charge in [0.1, 0.15) is 0 Å². The lowest BCUT2D eigenvalue weighted by atomic mass is 10.2. The van der Waals surface area contributed by atoms with Crippen molar-refractivity contribution in [3.05, 3.63) is 23.5 Å². The molecule has 5 heteroatoms. The fourth-order valence-corrected chi connectivity index (χ4v) is 1.78. The lowest BCUT2D eigenvalue weighted by molar-refractivity contribution is 0.190. The third-order valence-corrected chi connectivity index (χ3v) is 2.79. The van der Waals surface area contributed by atoms with Crippen LogP contribution in [0.2, 0.25) is 0 Å². The van der Waals surface area contributed by atoms with Crippen LogP contribution in [0.3, 0.4) is 0 Å². The van der Waals surface area contributed by atoms with E-state index in [-0.39, 0.29) is 0 Å². The van der Waals surface area contributed by atoms with Crippen LogP contribution in [0.15, 0.2) is 12.3 Å². The normalized spacial score (nSPS) is 10.7. The first kappa shape index (κ1) is 14.9. The van der Waals surface area contributed by atoms with E-state index in [9.17, 15) is 0 Å². The van der Waals surface area contributed by atoms with E-state index in [1.165, 1.54) is 0 Å². The highest BCUT2D eigenvalue weighted by Crippen LogP contribution is 2.20. The average molecular weight is 253 g/mol. The van der Waals surface area contributed by atoms with Gasteiger partial charge in [0.15, 0.2) is 0 Å². The Morgan fingerprint density at radius 1 is 1.22 bits per heavy atom. The second kappa shape index (κ2) is 8.02. The van der Waals surface area contributed by atoms with Crippen molar-refractivity contribution < 1.29 is 9.47 Å². The molecule has 0 amide bonds. The Labute approximate surface area is 109 Å².